The standard InChI is InChI=1S/C24H23N3O3/c1-26(20-10-4-3-5-11-20)22-13-12-18(15-25-22)23(28)27-16-19-9-7-6-8-17(19)14-21(27)24(29)30-2/h3-13,15,21H,14,16H2,1-2H3. The van der Waals surface area contributed by atoms with Crippen molar-refractivity contribution in [1.29, 1.82) is 0 Å². The van der Waals surface area contributed by atoms with Gasteiger partial charge in [0.2, 0.25) is 0 Å². The molecule has 1 aromatic heterocycles. The number of benzene rings is 2. The molecule has 6 nitrogen and oxygen atoms in total. The Balaban J connectivity index is 1.59. The molecule has 4 rings (SSSR count). The molecule has 0 aliphatic carbocycles. The molecule has 30 heavy (non-hydrogen) atoms. The van der Waals surface area contributed by atoms with Gasteiger partial charge in [-0.2, -0.15) is 0 Å². The quantitative estimate of drug-likeness (QED) is 0.625. The molecule has 0 saturated heterocycles. The van der Waals surface area contributed by atoms with Gasteiger partial charge in [-0.25, -0.2) is 9.78 Å². The van der Waals surface area contributed by atoms with Gasteiger partial charge in [-0.05, 0) is 35.4 Å². The second kappa shape index (κ2) is 8.37. The van der Waals surface area contributed by atoms with Gasteiger partial charge in [0.1, 0.15) is 11.9 Å². The van der Waals surface area contributed by atoms with Crippen LogP contribution in [-0.4, -0.2) is 42.0 Å². The van der Waals surface area contributed by atoms with Crippen molar-refractivity contribution >= 4 is 23.4 Å². The SMILES string of the molecule is COC(=O)C1Cc2ccccc2CN1C(=O)c1ccc(N(C)c2ccccc2)nc1. The van der Waals surface area contributed by atoms with Gasteiger partial charge in [-0.3, -0.25) is 4.79 Å². The molecule has 0 spiro atoms. The lowest BCUT2D eigenvalue weighted by molar-refractivity contribution is -0.146. The summed E-state index contributed by atoms with van der Waals surface area (Å²) in [6, 6.07) is 20.6. The van der Waals surface area contributed by atoms with Crippen molar-refractivity contribution in [3.63, 3.8) is 0 Å². The Bertz CT molecular complexity index is 1050. The van der Waals surface area contributed by atoms with E-state index in [1.54, 1.807) is 17.2 Å². The molecule has 2 heterocycles. The van der Waals surface area contributed by atoms with Crippen LogP contribution in [0.2, 0.25) is 0 Å². The maximum Gasteiger partial charge on any atom is 0.328 e. The number of rotatable bonds is 4. The number of methoxy groups -OCH3 is 1. The van der Waals surface area contributed by atoms with Crippen molar-refractivity contribution in [2.75, 3.05) is 19.1 Å². The first-order valence-electron chi connectivity index (χ1n) is 9.79. The summed E-state index contributed by atoms with van der Waals surface area (Å²) in [5, 5.41) is 0. The smallest absolute Gasteiger partial charge is 0.328 e. The fourth-order valence-corrected chi connectivity index (χ4v) is 3.74. The van der Waals surface area contributed by atoms with Crippen LogP contribution < -0.4 is 4.90 Å². The fraction of sp³-hybridized carbons (Fsp3) is 0.208. The number of hydrogen-bond donors (Lipinski definition) is 0. The normalized spacial score (nSPS) is 15.3. The monoisotopic (exact) mass is 401 g/mol. The molecular formula is C24H23N3O3. The van der Waals surface area contributed by atoms with Crippen LogP contribution in [0.1, 0.15) is 21.5 Å². The highest BCUT2D eigenvalue weighted by molar-refractivity contribution is 5.97. The largest absolute Gasteiger partial charge is 0.467 e. The van der Waals surface area contributed by atoms with Crippen LogP contribution in [0.3, 0.4) is 0 Å². The third-order valence-electron chi connectivity index (χ3n) is 5.46. The lowest BCUT2D eigenvalue weighted by atomic mass is 9.93. The number of nitrogens with zero attached hydrogens (tertiary/aromatic N) is 3. The highest BCUT2D eigenvalue weighted by Gasteiger charge is 2.35. The molecule has 2 aromatic carbocycles. The Morgan fingerprint density at radius 2 is 1.70 bits per heavy atom. The molecule has 6 heteroatoms. The van der Waals surface area contributed by atoms with E-state index in [2.05, 4.69) is 4.98 Å². The number of anilines is 2. The van der Waals surface area contributed by atoms with Gasteiger partial charge in [0, 0.05) is 31.9 Å². The van der Waals surface area contributed by atoms with Gasteiger partial charge in [0.15, 0.2) is 0 Å². The molecule has 3 aromatic rings. The van der Waals surface area contributed by atoms with E-state index in [0.717, 1.165) is 22.6 Å². The molecule has 1 atom stereocenters. The number of aromatic nitrogens is 1. The van der Waals surface area contributed by atoms with Crippen molar-refractivity contribution in [3.05, 3.63) is 89.6 Å². The highest BCUT2D eigenvalue weighted by atomic mass is 16.5. The molecule has 0 bridgehead atoms. The average Bonchev–Trinajstić information content (AvgIpc) is 2.82. The first kappa shape index (κ1) is 19.6. The number of ether oxygens (including phenoxy) is 1. The number of carbonyl (C=O) groups excluding carboxylic acids is 2. The van der Waals surface area contributed by atoms with Crippen LogP contribution in [0.4, 0.5) is 11.5 Å². The zero-order valence-corrected chi connectivity index (χ0v) is 17.0. The van der Waals surface area contributed by atoms with E-state index in [-0.39, 0.29) is 5.91 Å². The van der Waals surface area contributed by atoms with Crippen molar-refractivity contribution in [1.82, 2.24) is 9.88 Å². The average molecular weight is 401 g/mol. The zero-order valence-electron chi connectivity index (χ0n) is 17.0. The second-order valence-electron chi connectivity index (χ2n) is 7.24. The van der Waals surface area contributed by atoms with E-state index in [9.17, 15) is 9.59 Å². The summed E-state index contributed by atoms with van der Waals surface area (Å²) in [5.74, 6) is 0.0822. The molecule has 0 saturated carbocycles. The Morgan fingerprint density at radius 1 is 1.00 bits per heavy atom. The van der Waals surface area contributed by atoms with Crippen molar-refractivity contribution in [2.45, 2.75) is 19.0 Å². The van der Waals surface area contributed by atoms with Gasteiger partial charge < -0.3 is 14.5 Å². The molecule has 1 aliphatic heterocycles. The van der Waals surface area contributed by atoms with Crippen LogP contribution in [0, 0.1) is 0 Å². The number of carbonyl (C=O) groups is 2. The Labute approximate surface area is 175 Å². The second-order valence-corrected chi connectivity index (χ2v) is 7.24. The molecular weight excluding hydrogens is 378 g/mol. The maximum atomic E-state index is 13.3. The predicted molar refractivity (Wildman–Crippen MR) is 115 cm³/mol. The van der Waals surface area contributed by atoms with Crippen LogP contribution >= 0.6 is 0 Å². The first-order chi connectivity index (χ1) is 14.6. The number of amides is 1. The fourth-order valence-electron chi connectivity index (χ4n) is 3.74. The van der Waals surface area contributed by atoms with E-state index < -0.39 is 12.0 Å². The molecule has 152 valence electrons. The lowest BCUT2D eigenvalue weighted by Gasteiger charge is -2.35. The van der Waals surface area contributed by atoms with Gasteiger partial charge in [-0.1, -0.05) is 42.5 Å². The Hall–Kier alpha value is -3.67. The molecule has 0 radical (unpaired) electrons. The summed E-state index contributed by atoms with van der Waals surface area (Å²) in [4.78, 5) is 33.6. The van der Waals surface area contributed by atoms with Crippen LogP contribution in [-0.2, 0) is 22.5 Å². The van der Waals surface area contributed by atoms with E-state index >= 15 is 0 Å². The number of fused-ring (bicyclic) bond motifs is 1. The van der Waals surface area contributed by atoms with Crippen molar-refractivity contribution in [3.8, 4) is 0 Å². The molecule has 1 unspecified atom stereocenters. The predicted octanol–water partition coefficient (Wildman–Crippen LogP) is 3.59. The topological polar surface area (TPSA) is 62.7 Å². The zero-order chi connectivity index (χ0) is 21.1. The minimum absolute atomic E-state index is 0.235. The summed E-state index contributed by atoms with van der Waals surface area (Å²) in [6.45, 7) is 0.362. The summed E-state index contributed by atoms with van der Waals surface area (Å²) in [5.41, 5.74) is 3.55. The Kier molecular flexibility index (Phi) is 5.48. The number of para-hydroxylation sites is 1. The van der Waals surface area contributed by atoms with Crippen LogP contribution in [0.25, 0.3) is 0 Å². The van der Waals surface area contributed by atoms with Gasteiger partial charge >= 0.3 is 5.97 Å². The van der Waals surface area contributed by atoms with E-state index in [1.165, 1.54) is 7.11 Å². The third-order valence-corrected chi connectivity index (χ3v) is 5.46. The van der Waals surface area contributed by atoms with Gasteiger partial charge in [0.25, 0.3) is 5.91 Å². The number of esters is 1. The van der Waals surface area contributed by atoms with Crippen LogP contribution in [0.5, 0.6) is 0 Å². The maximum absolute atomic E-state index is 13.3. The van der Waals surface area contributed by atoms with Crippen molar-refractivity contribution in [2.24, 2.45) is 0 Å². The van der Waals surface area contributed by atoms with E-state index in [1.807, 2.05) is 72.6 Å². The van der Waals surface area contributed by atoms with E-state index in [0.29, 0.717) is 18.5 Å². The molecule has 0 fully saturated rings. The van der Waals surface area contributed by atoms with Crippen molar-refractivity contribution < 1.29 is 14.3 Å². The summed E-state index contributed by atoms with van der Waals surface area (Å²) in [7, 11) is 3.27. The summed E-state index contributed by atoms with van der Waals surface area (Å²) in [6.07, 6.45) is 2.00. The van der Waals surface area contributed by atoms with Gasteiger partial charge in [-0.15, -0.1) is 0 Å². The van der Waals surface area contributed by atoms with Crippen LogP contribution in [0.15, 0.2) is 72.9 Å². The molecule has 1 aliphatic rings. The number of hydrogen-bond acceptors (Lipinski definition) is 5. The minimum Gasteiger partial charge on any atom is -0.467 e. The summed E-state index contributed by atoms with van der Waals surface area (Å²) < 4.78 is 4.97. The third kappa shape index (κ3) is 3.76. The minimum atomic E-state index is -0.649. The molecule has 1 amide bonds. The van der Waals surface area contributed by atoms with Gasteiger partial charge in [0.05, 0.1) is 12.7 Å². The molecule has 0 N–H and O–H groups in total. The highest BCUT2D eigenvalue weighted by Crippen LogP contribution is 2.26. The number of pyridine rings is 1. The first-order valence-corrected chi connectivity index (χ1v) is 9.79. The summed E-state index contributed by atoms with van der Waals surface area (Å²) >= 11 is 0. The van der Waals surface area contributed by atoms with E-state index in [4.69, 9.17) is 4.74 Å². The Morgan fingerprint density at radius 3 is 2.37 bits per heavy atom. The lowest BCUT2D eigenvalue weighted by Crippen LogP contribution is -2.49.